The monoisotopic (exact) mass is 373 g/mol. The topological polar surface area (TPSA) is 72.9 Å². The Morgan fingerprint density at radius 1 is 1.11 bits per heavy atom. The van der Waals surface area contributed by atoms with Crippen LogP contribution in [0.3, 0.4) is 0 Å². The standard InChI is InChI=1S/C21H31N3O3/c25-20(26)10-9-18(15-17-7-3-1-4-8-17)22-21(27)24-14-11-19(16-24)23-12-5-2-6-13-23/h1,3-4,7-8,18-19H,2,5-6,9-16H2,(H,22,27)(H,25,26). The van der Waals surface area contributed by atoms with Gasteiger partial charge in [0.15, 0.2) is 0 Å². The number of likely N-dealkylation sites (tertiary alicyclic amines) is 2. The van der Waals surface area contributed by atoms with Crippen LogP contribution in [-0.4, -0.2) is 65.2 Å². The number of carboxylic acids is 1. The van der Waals surface area contributed by atoms with Gasteiger partial charge in [0.2, 0.25) is 0 Å². The van der Waals surface area contributed by atoms with Gasteiger partial charge in [-0.3, -0.25) is 9.69 Å². The normalized spacial score (nSPS) is 21.8. The van der Waals surface area contributed by atoms with E-state index < -0.39 is 5.97 Å². The largest absolute Gasteiger partial charge is 0.481 e. The Morgan fingerprint density at radius 3 is 2.56 bits per heavy atom. The summed E-state index contributed by atoms with van der Waals surface area (Å²) in [5.74, 6) is -0.825. The van der Waals surface area contributed by atoms with Gasteiger partial charge in [0, 0.05) is 31.6 Å². The van der Waals surface area contributed by atoms with E-state index in [4.69, 9.17) is 5.11 Å². The summed E-state index contributed by atoms with van der Waals surface area (Å²) >= 11 is 0. The summed E-state index contributed by atoms with van der Waals surface area (Å²) in [4.78, 5) is 28.2. The van der Waals surface area contributed by atoms with Gasteiger partial charge in [-0.1, -0.05) is 36.8 Å². The lowest BCUT2D eigenvalue weighted by Gasteiger charge is -2.32. The van der Waals surface area contributed by atoms with E-state index in [2.05, 4.69) is 10.2 Å². The number of nitrogens with one attached hydrogen (secondary N) is 1. The number of aliphatic carboxylic acids is 1. The van der Waals surface area contributed by atoms with Gasteiger partial charge in [-0.25, -0.2) is 4.79 Å². The van der Waals surface area contributed by atoms with E-state index >= 15 is 0 Å². The molecule has 0 radical (unpaired) electrons. The maximum atomic E-state index is 12.8. The van der Waals surface area contributed by atoms with Crippen molar-refractivity contribution in [2.24, 2.45) is 0 Å². The van der Waals surface area contributed by atoms with E-state index in [1.54, 1.807) is 0 Å². The fraction of sp³-hybridized carbons (Fsp3) is 0.619. The van der Waals surface area contributed by atoms with E-state index in [1.165, 1.54) is 19.3 Å². The second-order valence-electron chi connectivity index (χ2n) is 7.75. The molecular formula is C21H31N3O3. The van der Waals surface area contributed by atoms with Crippen molar-refractivity contribution in [3.05, 3.63) is 35.9 Å². The summed E-state index contributed by atoms with van der Waals surface area (Å²) < 4.78 is 0. The van der Waals surface area contributed by atoms with Crippen LogP contribution < -0.4 is 5.32 Å². The zero-order chi connectivity index (χ0) is 19.1. The predicted molar refractivity (Wildman–Crippen MR) is 105 cm³/mol. The molecular weight excluding hydrogens is 342 g/mol. The van der Waals surface area contributed by atoms with E-state index in [9.17, 15) is 9.59 Å². The quantitative estimate of drug-likeness (QED) is 0.771. The zero-order valence-corrected chi connectivity index (χ0v) is 16.0. The molecule has 6 heteroatoms. The van der Waals surface area contributed by atoms with Crippen molar-refractivity contribution in [2.75, 3.05) is 26.2 Å². The lowest BCUT2D eigenvalue weighted by Crippen LogP contribution is -2.47. The highest BCUT2D eigenvalue weighted by Gasteiger charge is 2.31. The number of urea groups is 1. The van der Waals surface area contributed by atoms with Gasteiger partial charge >= 0.3 is 12.0 Å². The summed E-state index contributed by atoms with van der Waals surface area (Å²) in [6, 6.07) is 10.2. The van der Waals surface area contributed by atoms with E-state index in [0.717, 1.165) is 38.2 Å². The molecule has 0 saturated carbocycles. The van der Waals surface area contributed by atoms with Crippen LogP contribution in [0.15, 0.2) is 30.3 Å². The summed E-state index contributed by atoms with van der Waals surface area (Å²) in [5, 5.41) is 12.1. The fourth-order valence-electron chi connectivity index (χ4n) is 4.20. The lowest BCUT2D eigenvalue weighted by molar-refractivity contribution is -0.137. The molecule has 2 fully saturated rings. The highest BCUT2D eigenvalue weighted by Crippen LogP contribution is 2.20. The van der Waals surface area contributed by atoms with E-state index in [0.29, 0.717) is 18.9 Å². The number of amides is 2. The molecule has 6 nitrogen and oxygen atoms in total. The van der Waals surface area contributed by atoms with Gasteiger partial charge in [-0.2, -0.15) is 0 Å². The first-order valence-corrected chi connectivity index (χ1v) is 10.2. The Labute approximate surface area is 161 Å². The maximum absolute atomic E-state index is 12.8. The Kier molecular flexibility index (Phi) is 7.10. The number of rotatable bonds is 7. The van der Waals surface area contributed by atoms with Crippen LogP contribution in [0.1, 0.15) is 44.1 Å². The van der Waals surface area contributed by atoms with Crippen molar-refractivity contribution >= 4 is 12.0 Å². The van der Waals surface area contributed by atoms with Gasteiger partial charge in [0.1, 0.15) is 0 Å². The predicted octanol–water partition coefficient (Wildman–Crippen LogP) is 2.73. The van der Waals surface area contributed by atoms with Crippen LogP contribution in [-0.2, 0) is 11.2 Å². The molecule has 2 unspecified atom stereocenters. The van der Waals surface area contributed by atoms with Crippen LogP contribution in [0.2, 0.25) is 0 Å². The molecule has 2 aliphatic heterocycles. The number of piperidine rings is 1. The smallest absolute Gasteiger partial charge is 0.317 e. The third-order valence-corrected chi connectivity index (χ3v) is 5.72. The van der Waals surface area contributed by atoms with E-state index in [1.807, 2.05) is 35.2 Å². The van der Waals surface area contributed by atoms with Gasteiger partial charge < -0.3 is 15.3 Å². The maximum Gasteiger partial charge on any atom is 0.317 e. The second-order valence-corrected chi connectivity index (χ2v) is 7.75. The number of nitrogens with zero attached hydrogens (tertiary/aromatic N) is 2. The van der Waals surface area contributed by atoms with Crippen LogP contribution in [0.25, 0.3) is 0 Å². The molecule has 2 N–H and O–H groups in total. The fourth-order valence-corrected chi connectivity index (χ4v) is 4.20. The number of hydrogen-bond donors (Lipinski definition) is 2. The van der Waals surface area contributed by atoms with Crippen molar-refractivity contribution in [3.8, 4) is 0 Å². The van der Waals surface area contributed by atoms with E-state index in [-0.39, 0.29) is 18.5 Å². The van der Waals surface area contributed by atoms with Crippen molar-refractivity contribution in [1.29, 1.82) is 0 Å². The molecule has 0 bridgehead atoms. The second kappa shape index (κ2) is 9.74. The number of carbonyl (C=O) groups is 2. The number of hydrogen-bond acceptors (Lipinski definition) is 3. The Hall–Kier alpha value is -2.08. The highest BCUT2D eigenvalue weighted by atomic mass is 16.4. The lowest BCUT2D eigenvalue weighted by atomic mass is 10.0. The number of carbonyl (C=O) groups excluding carboxylic acids is 1. The number of benzene rings is 1. The minimum Gasteiger partial charge on any atom is -0.481 e. The molecule has 2 atom stereocenters. The Morgan fingerprint density at radius 2 is 1.85 bits per heavy atom. The van der Waals surface area contributed by atoms with Crippen LogP contribution in [0, 0.1) is 0 Å². The van der Waals surface area contributed by atoms with Gasteiger partial charge in [0.05, 0.1) is 0 Å². The van der Waals surface area contributed by atoms with Crippen molar-refractivity contribution in [1.82, 2.24) is 15.1 Å². The minimum atomic E-state index is -0.825. The molecule has 2 heterocycles. The van der Waals surface area contributed by atoms with Crippen molar-refractivity contribution in [3.63, 3.8) is 0 Å². The average Bonchev–Trinajstić information content (AvgIpc) is 3.18. The van der Waals surface area contributed by atoms with Gasteiger partial charge in [-0.05, 0) is 50.8 Å². The molecule has 27 heavy (non-hydrogen) atoms. The first-order chi connectivity index (χ1) is 13.1. The summed E-state index contributed by atoms with van der Waals surface area (Å²) in [6.07, 6.45) is 6.04. The third-order valence-electron chi connectivity index (χ3n) is 5.72. The molecule has 0 aromatic heterocycles. The molecule has 2 aliphatic rings. The summed E-state index contributed by atoms with van der Waals surface area (Å²) in [5.41, 5.74) is 1.11. The van der Waals surface area contributed by atoms with Crippen LogP contribution in [0.5, 0.6) is 0 Å². The van der Waals surface area contributed by atoms with Gasteiger partial charge in [0.25, 0.3) is 0 Å². The third kappa shape index (κ3) is 5.96. The first-order valence-electron chi connectivity index (χ1n) is 10.2. The molecule has 1 aromatic rings. The van der Waals surface area contributed by atoms with Crippen LogP contribution in [0.4, 0.5) is 4.79 Å². The molecule has 3 rings (SSSR count). The molecule has 2 amide bonds. The molecule has 0 spiro atoms. The van der Waals surface area contributed by atoms with Crippen LogP contribution >= 0.6 is 0 Å². The van der Waals surface area contributed by atoms with Gasteiger partial charge in [-0.15, -0.1) is 0 Å². The number of carboxylic acid groups (broad SMARTS) is 1. The molecule has 148 valence electrons. The summed E-state index contributed by atoms with van der Waals surface area (Å²) in [6.45, 7) is 3.86. The highest BCUT2D eigenvalue weighted by molar-refractivity contribution is 5.75. The molecule has 0 aliphatic carbocycles. The SMILES string of the molecule is O=C(O)CCC(Cc1ccccc1)NC(=O)N1CCC(N2CCCCC2)C1. The first kappa shape index (κ1) is 19.7. The average molecular weight is 373 g/mol. The Balaban J connectivity index is 1.54. The Bertz CT molecular complexity index is 616. The molecule has 1 aromatic carbocycles. The summed E-state index contributed by atoms with van der Waals surface area (Å²) in [7, 11) is 0. The minimum absolute atomic E-state index is 0.0548. The zero-order valence-electron chi connectivity index (χ0n) is 16.0. The molecule has 2 saturated heterocycles. The van der Waals surface area contributed by atoms with Crippen molar-refractivity contribution in [2.45, 2.75) is 57.0 Å². The van der Waals surface area contributed by atoms with Crippen molar-refractivity contribution < 1.29 is 14.7 Å².